The molecule has 120 valence electrons. The molecule has 2 fully saturated rings. The molecule has 1 N–H and O–H groups in total. The molecule has 2 aliphatic heterocycles. The molecule has 0 aromatic carbocycles. The van der Waals surface area contributed by atoms with Gasteiger partial charge < -0.3 is 19.8 Å². The van der Waals surface area contributed by atoms with E-state index >= 15 is 0 Å². The van der Waals surface area contributed by atoms with E-state index in [0.29, 0.717) is 18.2 Å². The third kappa shape index (κ3) is 4.26. The summed E-state index contributed by atoms with van der Waals surface area (Å²) in [6, 6.07) is -0.821. The Morgan fingerprint density at radius 3 is 2.57 bits per heavy atom. The normalized spacial score (nSPS) is 24.9. The fourth-order valence-corrected chi connectivity index (χ4v) is 4.00. The van der Waals surface area contributed by atoms with Crippen molar-refractivity contribution in [3.8, 4) is 0 Å². The molecule has 0 aromatic heterocycles. The van der Waals surface area contributed by atoms with Crippen LogP contribution < -0.4 is 0 Å². The maximum Gasteiger partial charge on any atom is 0.327 e. The molecular formula is C14H25N3O3S. The highest BCUT2D eigenvalue weighted by Gasteiger charge is 2.34. The Morgan fingerprint density at radius 2 is 1.95 bits per heavy atom. The Bertz CT molecular complexity index is 386. The fraction of sp³-hybridized carbons (Fsp3) is 0.857. The van der Waals surface area contributed by atoms with E-state index in [9.17, 15) is 14.7 Å². The third-order valence-electron chi connectivity index (χ3n) is 4.36. The lowest BCUT2D eigenvalue weighted by Gasteiger charge is -2.37. The molecule has 0 spiro atoms. The molecule has 0 bridgehead atoms. The van der Waals surface area contributed by atoms with Crippen LogP contribution in [-0.4, -0.2) is 89.6 Å². The number of amides is 2. The highest BCUT2D eigenvalue weighted by molar-refractivity contribution is 7.99. The second kappa shape index (κ2) is 7.35. The molecule has 2 saturated heterocycles. The summed E-state index contributed by atoms with van der Waals surface area (Å²) in [7, 11) is 3.91. The molecule has 2 amide bonds. The number of aliphatic carboxylic acids is 1. The van der Waals surface area contributed by atoms with Gasteiger partial charge in [-0.25, -0.2) is 9.59 Å². The quantitative estimate of drug-likeness (QED) is 0.838. The lowest BCUT2D eigenvalue weighted by atomic mass is 9.97. The van der Waals surface area contributed by atoms with Crippen molar-refractivity contribution in [3.63, 3.8) is 0 Å². The number of nitrogens with zero attached hydrogens (tertiary/aromatic N) is 3. The Balaban J connectivity index is 1.90. The predicted molar refractivity (Wildman–Crippen MR) is 83.7 cm³/mol. The molecule has 0 aliphatic carbocycles. The van der Waals surface area contributed by atoms with E-state index in [1.165, 1.54) is 4.90 Å². The van der Waals surface area contributed by atoms with Gasteiger partial charge in [0.05, 0.1) is 0 Å². The average Bonchev–Trinajstić information content (AvgIpc) is 2.48. The van der Waals surface area contributed by atoms with Crippen LogP contribution in [0.25, 0.3) is 0 Å². The monoisotopic (exact) mass is 315 g/mol. The molecule has 1 unspecified atom stereocenters. The minimum absolute atomic E-state index is 0.137. The first-order valence-corrected chi connectivity index (χ1v) is 8.65. The van der Waals surface area contributed by atoms with Crippen LogP contribution in [0.5, 0.6) is 0 Å². The van der Waals surface area contributed by atoms with Crippen LogP contribution in [0.2, 0.25) is 0 Å². The SMILES string of the molecule is CN1CCC(CN(C)C(=O)N2CCSCC2C(=O)O)CC1. The molecule has 0 saturated carbocycles. The molecule has 2 heterocycles. The maximum absolute atomic E-state index is 12.5. The highest BCUT2D eigenvalue weighted by Crippen LogP contribution is 2.21. The maximum atomic E-state index is 12.5. The smallest absolute Gasteiger partial charge is 0.327 e. The third-order valence-corrected chi connectivity index (χ3v) is 5.38. The summed E-state index contributed by atoms with van der Waals surface area (Å²) in [5.74, 6) is 0.932. The van der Waals surface area contributed by atoms with Gasteiger partial charge in [-0.05, 0) is 38.9 Å². The first kappa shape index (κ1) is 16.4. The molecule has 21 heavy (non-hydrogen) atoms. The van der Waals surface area contributed by atoms with Crippen LogP contribution in [0.3, 0.4) is 0 Å². The van der Waals surface area contributed by atoms with Crippen molar-refractivity contribution in [2.75, 3.05) is 51.8 Å². The molecule has 0 aromatic rings. The van der Waals surface area contributed by atoms with Gasteiger partial charge in [0.1, 0.15) is 6.04 Å². The van der Waals surface area contributed by atoms with Gasteiger partial charge >= 0.3 is 12.0 Å². The zero-order chi connectivity index (χ0) is 15.4. The van der Waals surface area contributed by atoms with Crippen LogP contribution in [-0.2, 0) is 4.79 Å². The minimum Gasteiger partial charge on any atom is -0.480 e. The Morgan fingerprint density at radius 1 is 1.29 bits per heavy atom. The average molecular weight is 315 g/mol. The van der Waals surface area contributed by atoms with Crippen LogP contribution in [0.4, 0.5) is 4.79 Å². The summed E-state index contributed by atoms with van der Waals surface area (Å²) in [5.41, 5.74) is 0. The zero-order valence-electron chi connectivity index (χ0n) is 12.8. The number of carboxylic acids is 1. The van der Waals surface area contributed by atoms with E-state index in [1.54, 1.807) is 23.7 Å². The fourth-order valence-electron chi connectivity index (χ4n) is 2.97. The van der Waals surface area contributed by atoms with E-state index in [2.05, 4.69) is 11.9 Å². The van der Waals surface area contributed by atoms with Crippen LogP contribution in [0.1, 0.15) is 12.8 Å². The lowest BCUT2D eigenvalue weighted by molar-refractivity contribution is -0.141. The van der Waals surface area contributed by atoms with Gasteiger partial charge in [-0.15, -0.1) is 0 Å². The first-order chi connectivity index (χ1) is 9.99. The molecule has 1 atom stereocenters. The summed E-state index contributed by atoms with van der Waals surface area (Å²) >= 11 is 1.60. The number of hydrogen-bond donors (Lipinski definition) is 1. The second-order valence-electron chi connectivity index (χ2n) is 6.03. The van der Waals surface area contributed by atoms with E-state index < -0.39 is 12.0 Å². The Kier molecular flexibility index (Phi) is 5.75. The van der Waals surface area contributed by atoms with Crippen LogP contribution in [0.15, 0.2) is 0 Å². The van der Waals surface area contributed by atoms with Gasteiger partial charge in [0.15, 0.2) is 0 Å². The van der Waals surface area contributed by atoms with Gasteiger partial charge in [-0.3, -0.25) is 0 Å². The summed E-state index contributed by atoms with van der Waals surface area (Å²) in [6.07, 6.45) is 2.21. The summed E-state index contributed by atoms with van der Waals surface area (Å²) in [4.78, 5) is 29.3. The van der Waals surface area contributed by atoms with Gasteiger partial charge in [0, 0.05) is 31.6 Å². The number of urea groups is 1. The second-order valence-corrected chi connectivity index (χ2v) is 7.18. The number of carboxylic acid groups (broad SMARTS) is 1. The van der Waals surface area contributed by atoms with Gasteiger partial charge in [-0.2, -0.15) is 11.8 Å². The van der Waals surface area contributed by atoms with Crippen LogP contribution >= 0.6 is 11.8 Å². The summed E-state index contributed by atoms with van der Waals surface area (Å²) in [5, 5.41) is 9.26. The van der Waals surface area contributed by atoms with Crippen LogP contribution in [0, 0.1) is 5.92 Å². The Labute approximate surface area is 130 Å². The standard InChI is InChI=1S/C14H25N3O3S/c1-15-5-3-11(4-6-15)9-16(2)14(20)17-7-8-21-10-12(17)13(18)19/h11-12H,3-10H2,1-2H3,(H,18,19). The van der Waals surface area contributed by atoms with E-state index in [0.717, 1.165) is 38.2 Å². The van der Waals surface area contributed by atoms with Crippen molar-refractivity contribution in [2.24, 2.45) is 5.92 Å². The van der Waals surface area contributed by atoms with E-state index in [1.807, 2.05) is 0 Å². The zero-order valence-corrected chi connectivity index (χ0v) is 13.6. The predicted octanol–water partition coefficient (Wildman–Crippen LogP) is 0.882. The molecule has 2 rings (SSSR count). The first-order valence-electron chi connectivity index (χ1n) is 7.50. The summed E-state index contributed by atoms with van der Waals surface area (Å²) < 4.78 is 0. The van der Waals surface area contributed by atoms with Gasteiger partial charge in [-0.1, -0.05) is 0 Å². The molecular weight excluding hydrogens is 290 g/mol. The number of likely N-dealkylation sites (tertiary alicyclic amines) is 1. The molecule has 2 aliphatic rings. The number of thioether (sulfide) groups is 1. The van der Waals surface area contributed by atoms with Gasteiger partial charge in [0.25, 0.3) is 0 Å². The largest absolute Gasteiger partial charge is 0.480 e. The number of rotatable bonds is 3. The number of carbonyl (C=O) groups is 2. The van der Waals surface area contributed by atoms with Crippen molar-refractivity contribution in [3.05, 3.63) is 0 Å². The molecule has 0 radical (unpaired) electrons. The van der Waals surface area contributed by atoms with Crippen molar-refractivity contribution in [1.82, 2.24) is 14.7 Å². The summed E-state index contributed by atoms with van der Waals surface area (Å²) in [6.45, 7) is 3.40. The Hall–Kier alpha value is -0.950. The number of carbonyl (C=O) groups excluding carboxylic acids is 1. The lowest BCUT2D eigenvalue weighted by Crippen LogP contribution is -2.54. The van der Waals surface area contributed by atoms with E-state index in [4.69, 9.17) is 0 Å². The van der Waals surface area contributed by atoms with Crippen molar-refractivity contribution in [1.29, 1.82) is 0 Å². The number of hydrogen-bond acceptors (Lipinski definition) is 4. The topological polar surface area (TPSA) is 64.1 Å². The van der Waals surface area contributed by atoms with Crippen molar-refractivity contribution in [2.45, 2.75) is 18.9 Å². The highest BCUT2D eigenvalue weighted by atomic mass is 32.2. The minimum atomic E-state index is -0.900. The number of piperidine rings is 1. The van der Waals surface area contributed by atoms with Crippen molar-refractivity contribution < 1.29 is 14.7 Å². The molecule has 7 heteroatoms. The van der Waals surface area contributed by atoms with Crippen molar-refractivity contribution >= 4 is 23.8 Å². The van der Waals surface area contributed by atoms with E-state index in [-0.39, 0.29) is 6.03 Å². The van der Waals surface area contributed by atoms with Gasteiger partial charge in [0.2, 0.25) is 0 Å². The molecule has 6 nitrogen and oxygen atoms in total.